The Morgan fingerprint density at radius 1 is 1.27 bits per heavy atom. The van der Waals surface area contributed by atoms with Crippen molar-refractivity contribution >= 4 is 10.9 Å². The van der Waals surface area contributed by atoms with Gasteiger partial charge < -0.3 is 14.6 Å². The van der Waals surface area contributed by atoms with Gasteiger partial charge in [-0.3, -0.25) is 0 Å². The molecule has 1 aliphatic heterocycles. The Kier molecular flexibility index (Phi) is 3.51. The lowest BCUT2D eigenvalue weighted by atomic mass is 10.2. The third kappa shape index (κ3) is 3.01. The van der Waals surface area contributed by atoms with Gasteiger partial charge >= 0.3 is 6.18 Å². The van der Waals surface area contributed by atoms with Crippen molar-refractivity contribution in [2.24, 2.45) is 0 Å². The lowest BCUT2D eigenvalue weighted by Gasteiger charge is -2.19. The molecule has 3 nitrogen and oxygen atoms in total. The molecule has 0 amide bonds. The molecule has 0 bridgehead atoms. The summed E-state index contributed by atoms with van der Waals surface area (Å²) < 4.78 is 70.8. The van der Waals surface area contributed by atoms with E-state index in [0.29, 0.717) is 10.9 Å². The highest BCUT2D eigenvalue weighted by Crippen LogP contribution is 2.30. The summed E-state index contributed by atoms with van der Waals surface area (Å²) in [6.45, 7) is -1.61. The summed E-state index contributed by atoms with van der Waals surface area (Å²) in [5, 5.41) is 3.12. The first kappa shape index (κ1) is 15.1. The number of alkyl halides is 5. The van der Waals surface area contributed by atoms with Crippen LogP contribution < -0.4 is 10.1 Å². The summed E-state index contributed by atoms with van der Waals surface area (Å²) in [5.41, 5.74) is 0.295. The van der Waals surface area contributed by atoms with E-state index in [0.717, 1.165) is 4.57 Å². The van der Waals surface area contributed by atoms with Crippen LogP contribution in [0.2, 0.25) is 0 Å². The minimum Gasteiger partial charge on any atom is -0.483 e. The molecule has 0 spiro atoms. The number of nitrogens with zero attached hydrogens (tertiary/aromatic N) is 1. The van der Waals surface area contributed by atoms with Crippen LogP contribution in [0.1, 0.15) is 0 Å². The van der Waals surface area contributed by atoms with Crippen LogP contribution in [0.25, 0.3) is 10.9 Å². The molecule has 2 heterocycles. The van der Waals surface area contributed by atoms with E-state index in [1.165, 1.54) is 24.4 Å². The second-order valence-electron chi connectivity index (χ2n) is 5.28. The van der Waals surface area contributed by atoms with Crippen molar-refractivity contribution in [3.63, 3.8) is 0 Å². The fourth-order valence-electron chi connectivity index (χ4n) is 2.49. The van der Waals surface area contributed by atoms with Gasteiger partial charge in [0.2, 0.25) is 0 Å². The van der Waals surface area contributed by atoms with Gasteiger partial charge in [-0.25, -0.2) is 8.78 Å². The maximum Gasteiger partial charge on any atom is 0.406 e. The molecular formula is C14H13F5N2O. The molecule has 0 radical (unpaired) electrons. The SMILES string of the molecule is FC(F)(F)Cn1ccc2ccc(OC3CNCC3(F)F)cc21. The number of ether oxygens (including phenoxy) is 1. The van der Waals surface area contributed by atoms with Crippen LogP contribution >= 0.6 is 0 Å². The molecule has 22 heavy (non-hydrogen) atoms. The Bertz CT molecular complexity index is 679. The predicted molar refractivity (Wildman–Crippen MR) is 70.2 cm³/mol. The molecule has 1 N–H and O–H groups in total. The summed E-state index contributed by atoms with van der Waals surface area (Å²) in [6, 6.07) is 5.93. The lowest BCUT2D eigenvalue weighted by molar-refractivity contribution is -0.139. The van der Waals surface area contributed by atoms with Gasteiger partial charge in [0, 0.05) is 18.8 Å². The Balaban J connectivity index is 1.87. The topological polar surface area (TPSA) is 26.2 Å². The number of hydrogen-bond acceptors (Lipinski definition) is 2. The number of rotatable bonds is 3. The van der Waals surface area contributed by atoms with Crippen LogP contribution in [0.5, 0.6) is 5.75 Å². The van der Waals surface area contributed by atoms with Crippen molar-refractivity contribution in [3.8, 4) is 5.75 Å². The van der Waals surface area contributed by atoms with Crippen molar-refractivity contribution in [1.82, 2.24) is 9.88 Å². The van der Waals surface area contributed by atoms with Crippen molar-refractivity contribution in [1.29, 1.82) is 0 Å². The standard InChI is InChI=1S/C14H13F5N2O/c15-13(16)7-20-6-12(13)22-10-2-1-9-3-4-21(11(9)5-10)8-14(17,18)19/h1-5,12,20H,6-8H2. The third-order valence-electron chi connectivity index (χ3n) is 3.53. The van der Waals surface area contributed by atoms with E-state index >= 15 is 0 Å². The minimum atomic E-state index is -4.36. The summed E-state index contributed by atoms with van der Waals surface area (Å²) in [5.74, 6) is -2.87. The molecule has 8 heteroatoms. The average molecular weight is 320 g/mol. The van der Waals surface area contributed by atoms with Crippen LogP contribution in [0.15, 0.2) is 30.5 Å². The fourth-order valence-corrected chi connectivity index (χ4v) is 2.49. The first-order chi connectivity index (χ1) is 10.2. The Morgan fingerprint density at radius 3 is 2.68 bits per heavy atom. The molecule has 0 saturated carbocycles. The first-order valence-electron chi connectivity index (χ1n) is 6.65. The summed E-state index contributed by atoms with van der Waals surface area (Å²) in [4.78, 5) is 0. The molecule has 0 aliphatic carbocycles. The number of halogens is 5. The quantitative estimate of drug-likeness (QED) is 0.879. The van der Waals surface area contributed by atoms with Gasteiger partial charge in [0.1, 0.15) is 12.3 Å². The molecule has 3 rings (SSSR count). The first-order valence-corrected chi connectivity index (χ1v) is 6.65. The van der Waals surface area contributed by atoms with Crippen molar-refractivity contribution < 1.29 is 26.7 Å². The minimum absolute atomic E-state index is 0.00536. The molecule has 120 valence electrons. The van der Waals surface area contributed by atoms with E-state index in [4.69, 9.17) is 4.74 Å². The lowest BCUT2D eigenvalue weighted by Crippen LogP contribution is -2.36. The zero-order valence-electron chi connectivity index (χ0n) is 11.3. The van der Waals surface area contributed by atoms with Gasteiger partial charge in [-0.2, -0.15) is 13.2 Å². The molecule has 1 aromatic heterocycles. The van der Waals surface area contributed by atoms with E-state index in [2.05, 4.69) is 5.32 Å². The van der Waals surface area contributed by atoms with Gasteiger partial charge in [-0.1, -0.05) is 0 Å². The van der Waals surface area contributed by atoms with Crippen LogP contribution in [0.3, 0.4) is 0 Å². The number of benzene rings is 1. The van der Waals surface area contributed by atoms with Crippen LogP contribution in [-0.2, 0) is 6.54 Å². The Hall–Kier alpha value is -1.83. The summed E-state index contributed by atoms with van der Waals surface area (Å²) in [6.07, 6.45) is -4.37. The van der Waals surface area contributed by atoms with E-state index in [1.807, 2.05) is 0 Å². The molecule has 1 atom stereocenters. The second-order valence-corrected chi connectivity index (χ2v) is 5.28. The summed E-state index contributed by atoms with van der Waals surface area (Å²) in [7, 11) is 0. The third-order valence-corrected chi connectivity index (χ3v) is 3.53. The van der Waals surface area contributed by atoms with Gasteiger partial charge in [-0.15, -0.1) is 0 Å². The maximum absolute atomic E-state index is 13.5. The summed E-state index contributed by atoms with van der Waals surface area (Å²) >= 11 is 0. The Morgan fingerprint density at radius 2 is 2.05 bits per heavy atom. The highest BCUT2D eigenvalue weighted by atomic mass is 19.4. The number of nitrogens with one attached hydrogen (secondary N) is 1. The monoisotopic (exact) mass is 320 g/mol. The number of aromatic nitrogens is 1. The van der Waals surface area contributed by atoms with E-state index < -0.39 is 31.3 Å². The largest absolute Gasteiger partial charge is 0.483 e. The van der Waals surface area contributed by atoms with Crippen molar-refractivity contribution in [3.05, 3.63) is 30.5 Å². The van der Waals surface area contributed by atoms with E-state index in [-0.39, 0.29) is 12.3 Å². The predicted octanol–water partition coefficient (Wildman–Crippen LogP) is 3.19. The maximum atomic E-state index is 13.5. The van der Waals surface area contributed by atoms with E-state index in [1.54, 1.807) is 6.07 Å². The highest BCUT2D eigenvalue weighted by Gasteiger charge is 2.46. The fraction of sp³-hybridized carbons (Fsp3) is 0.429. The van der Waals surface area contributed by atoms with Crippen LogP contribution in [0.4, 0.5) is 22.0 Å². The average Bonchev–Trinajstić information content (AvgIpc) is 2.93. The molecule has 1 saturated heterocycles. The van der Waals surface area contributed by atoms with Crippen LogP contribution in [-0.4, -0.2) is 35.9 Å². The molecule has 1 unspecified atom stereocenters. The molecule has 2 aromatic rings. The number of fused-ring (bicyclic) bond motifs is 1. The smallest absolute Gasteiger partial charge is 0.406 e. The van der Waals surface area contributed by atoms with Gasteiger partial charge in [0.15, 0.2) is 6.10 Å². The van der Waals surface area contributed by atoms with Crippen LogP contribution in [0, 0.1) is 0 Å². The van der Waals surface area contributed by atoms with Crippen molar-refractivity contribution in [2.45, 2.75) is 24.7 Å². The van der Waals surface area contributed by atoms with Gasteiger partial charge in [0.25, 0.3) is 5.92 Å². The number of hydrogen-bond donors (Lipinski definition) is 1. The van der Waals surface area contributed by atoms with Gasteiger partial charge in [0.05, 0.1) is 12.1 Å². The molecule has 1 aliphatic rings. The Labute approximate surface area is 122 Å². The zero-order chi connectivity index (χ0) is 16.0. The molecule has 1 aromatic carbocycles. The second kappa shape index (κ2) is 5.12. The molecular weight excluding hydrogens is 307 g/mol. The van der Waals surface area contributed by atoms with Crippen molar-refractivity contribution in [2.75, 3.05) is 13.1 Å². The highest BCUT2D eigenvalue weighted by molar-refractivity contribution is 5.81. The zero-order valence-corrected chi connectivity index (χ0v) is 11.3. The van der Waals surface area contributed by atoms with Gasteiger partial charge in [-0.05, 0) is 23.6 Å². The molecule has 1 fully saturated rings. The normalized spacial score (nSPS) is 21.4. The van der Waals surface area contributed by atoms with E-state index in [9.17, 15) is 22.0 Å².